The summed E-state index contributed by atoms with van der Waals surface area (Å²) in [6.45, 7) is 4.65. The molecule has 88 valence electrons. The van der Waals surface area contributed by atoms with Crippen molar-refractivity contribution in [2.24, 2.45) is 7.05 Å². The van der Waals surface area contributed by atoms with E-state index in [1.807, 2.05) is 24.7 Å². The third-order valence-corrected chi connectivity index (χ3v) is 2.55. The largest absolute Gasteiger partial charge is 0.337 e. The summed E-state index contributed by atoms with van der Waals surface area (Å²) >= 11 is 0. The van der Waals surface area contributed by atoms with Crippen molar-refractivity contribution in [3.8, 4) is 6.07 Å². The molecule has 0 aliphatic carbocycles. The minimum absolute atomic E-state index is 0.566. The molecule has 0 saturated carbocycles. The van der Waals surface area contributed by atoms with Crippen LogP contribution >= 0.6 is 0 Å². The number of anilines is 2. The highest BCUT2D eigenvalue weighted by Gasteiger charge is 2.13. The topological polar surface area (TPSA) is 71.5 Å². The van der Waals surface area contributed by atoms with E-state index < -0.39 is 0 Å². The molecule has 0 aromatic carbocycles. The Hall–Kier alpha value is -2.29. The van der Waals surface area contributed by atoms with Crippen LogP contribution in [0.4, 0.5) is 11.5 Å². The standard InChI is InChI=1S/C11H14N6/c1-4-17-7-9(6-13-17)14-11-10(5-12)8(2)15-16(11)3/h6-7,14H,4H2,1-3H3. The first kappa shape index (κ1) is 11.2. The zero-order valence-corrected chi connectivity index (χ0v) is 10.1. The van der Waals surface area contributed by atoms with Crippen LogP contribution in [0, 0.1) is 18.3 Å². The highest BCUT2D eigenvalue weighted by Crippen LogP contribution is 2.21. The van der Waals surface area contributed by atoms with Crippen molar-refractivity contribution >= 4 is 11.5 Å². The first-order valence-corrected chi connectivity index (χ1v) is 5.39. The fourth-order valence-corrected chi connectivity index (χ4v) is 1.67. The molecule has 2 aromatic rings. The highest BCUT2D eigenvalue weighted by atomic mass is 15.3. The number of hydrogen-bond acceptors (Lipinski definition) is 4. The van der Waals surface area contributed by atoms with E-state index in [0.717, 1.165) is 17.9 Å². The maximum absolute atomic E-state index is 9.08. The van der Waals surface area contributed by atoms with E-state index in [4.69, 9.17) is 5.26 Å². The second-order valence-electron chi connectivity index (χ2n) is 3.75. The number of nitrogens with one attached hydrogen (secondary N) is 1. The predicted octanol–water partition coefficient (Wildman–Crippen LogP) is 1.56. The second-order valence-corrected chi connectivity index (χ2v) is 3.75. The van der Waals surface area contributed by atoms with Crippen LogP contribution in [0.15, 0.2) is 12.4 Å². The van der Waals surface area contributed by atoms with Gasteiger partial charge in [0.1, 0.15) is 17.5 Å². The van der Waals surface area contributed by atoms with Crippen LogP contribution in [0.2, 0.25) is 0 Å². The van der Waals surface area contributed by atoms with Gasteiger partial charge in [0.05, 0.1) is 17.6 Å². The van der Waals surface area contributed by atoms with Crippen molar-refractivity contribution in [3.63, 3.8) is 0 Å². The van der Waals surface area contributed by atoms with E-state index in [1.54, 1.807) is 17.9 Å². The molecule has 0 spiro atoms. The quantitative estimate of drug-likeness (QED) is 0.868. The Morgan fingerprint density at radius 1 is 1.53 bits per heavy atom. The Morgan fingerprint density at radius 3 is 2.88 bits per heavy atom. The summed E-state index contributed by atoms with van der Waals surface area (Å²) in [6.07, 6.45) is 3.62. The van der Waals surface area contributed by atoms with E-state index >= 15 is 0 Å². The van der Waals surface area contributed by atoms with Crippen molar-refractivity contribution in [3.05, 3.63) is 23.7 Å². The van der Waals surface area contributed by atoms with Gasteiger partial charge in [0.15, 0.2) is 0 Å². The molecule has 2 heterocycles. The summed E-state index contributed by atoms with van der Waals surface area (Å²) in [6, 6.07) is 2.15. The monoisotopic (exact) mass is 230 g/mol. The van der Waals surface area contributed by atoms with E-state index in [1.165, 1.54) is 0 Å². The Balaban J connectivity index is 2.33. The molecule has 0 radical (unpaired) electrons. The van der Waals surface area contributed by atoms with Crippen LogP contribution in [0.5, 0.6) is 0 Å². The number of rotatable bonds is 3. The summed E-state index contributed by atoms with van der Waals surface area (Å²) in [7, 11) is 1.81. The van der Waals surface area contributed by atoms with Crippen molar-refractivity contribution in [2.45, 2.75) is 20.4 Å². The predicted molar refractivity (Wildman–Crippen MR) is 63.8 cm³/mol. The fourth-order valence-electron chi connectivity index (χ4n) is 1.67. The molecular weight excluding hydrogens is 216 g/mol. The molecule has 0 aliphatic heterocycles. The van der Waals surface area contributed by atoms with Crippen LogP contribution in [0.1, 0.15) is 18.2 Å². The lowest BCUT2D eigenvalue weighted by atomic mass is 10.2. The van der Waals surface area contributed by atoms with Crippen molar-refractivity contribution < 1.29 is 0 Å². The van der Waals surface area contributed by atoms with Crippen LogP contribution in [-0.2, 0) is 13.6 Å². The molecule has 2 rings (SSSR count). The van der Waals surface area contributed by atoms with Gasteiger partial charge in [-0.25, -0.2) is 0 Å². The second kappa shape index (κ2) is 4.29. The van der Waals surface area contributed by atoms with Gasteiger partial charge in [0.2, 0.25) is 0 Å². The van der Waals surface area contributed by atoms with Gasteiger partial charge in [-0.1, -0.05) is 0 Å². The molecule has 2 aromatic heterocycles. The van der Waals surface area contributed by atoms with Crippen LogP contribution in [0.3, 0.4) is 0 Å². The van der Waals surface area contributed by atoms with Gasteiger partial charge < -0.3 is 5.32 Å². The average molecular weight is 230 g/mol. The SMILES string of the molecule is CCn1cc(Nc2c(C#N)c(C)nn2C)cn1. The average Bonchev–Trinajstić information content (AvgIpc) is 2.85. The van der Waals surface area contributed by atoms with Crippen LogP contribution in [0.25, 0.3) is 0 Å². The number of aromatic nitrogens is 4. The van der Waals surface area contributed by atoms with Gasteiger partial charge in [-0.2, -0.15) is 15.5 Å². The molecule has 6 nitrogen and oxygen atoms in total. The summed E-state index contributed by atoms with van der Waals surface area (Å²) in [5, 5.41) is 20.6. The van der Waals surface area contributed by atoms with E-state index in [9.17, 15) is 0 Å². The summed E-state index contributed by atoms with van der Waals surface area (Å²) in [4.78, 5) is 0. The third-order valence-electron chi connectivity index (χ3n) is 2.55. The zero-order valence-electron chi connectivity index (χ0n) is 10.1. The lowest BCUT2D eigenvalue weighted by Crippen LogP contribution is -2.00. The normalized spacial score (nSPS) is 10.2. The lowest BCUT2D eigenvalue weighted by molar-refractivity contribution is 0.660. The molecular formula is C11H14N6. The molecule has 0 bridgehead atoms. The Labute approximate surface area is 99.5 Å². The number of hydrogen-bond donors (Lipinski definition) is 1. The number of nitriles is 1. The lowest BCUT2D eigenvalue weighted by Gasteiger charge is -2.03. The van der Waals surface area contributed by atoms with Crippen molar-refractivity contribution in [1.82, 2.24) is 19.6 Å². The van der Waals surface area contributed by atoms with Gasteiger partial charge >= 0.3 is 0 Å². The molecule has 0 unspecified atom stereocenters. The molecule has 6 heteroatoms. The van der Waals surface area contributed by atoms with Gasteiger partial charge in [-0.15, -0.1) is 0 Å². The van der Waals surface area contributed by atoms with Gasteiger partial charge in [-0.05, 0) is 13.8 Å². The maximum Gasteiger partial charge on any atom is 0.146 e. The van der Waals surface area contributed by atoms with Crippen molar-refractivity contribution in [2.75, 3.05) is 5.32 Å². The molecule has 0 fully saturated rings. The third kappa shape index (κ3) is 1.99. The first-order chi connectivity index (χ1) is 8.15. The molecule has 17 heavy (non-hydrogen) atoms. The summed E-state index contributed by atoms with van der Waals surface area (Å²) < 4.78 is 3.48. The molecule has 0 amide bonds. The van der Waals surface area contributed by atoms with Gasteiger partial charge in [-0.3, -0.25) is 9.36 Å². The minimum atomic E-state index is 0.566. The van der Waals surface area contributed by atoms with Gasteiger partial charge in [0.25, 0.3) is 0 Å². The van der Waals surface area contributed by atoms with E-state index in [0.29, 0.717) is 11.4 Å². The van der Waals surface area contributed by atoms with Gasteiger partial charge in [0, 0.05) is 19.8 Å². The Bertz CT molecular complexity index is 571. The number of aryl methyl sites for hydroxylation is 3. The van der Waals surface area contributed by atoms with Crippen LogP contribution in [-0.4, -0.2) is 19.6 Å². The summed E-state index contributed by atoms with van der Waals surface area (Å²) in [5.74, 6) is 0.695. The van der Waals surface area contributed by atoms with E-state index in [-0.39, 0.29) is 0 Å². The maximum atomic E-state index is 9.08. The van der Waals surface area contributed by atoms with Crippen molar-refractivity contribution in [1.29, 1.82) is 5.26 Å². The van der Waals surface area contributed by atoms with Crippen LogP contribution < -0.4 is 5.32 Å². The molecule has 0 atom stereocenters. The van der Waals surface area contributed by atoms with E-state index in [2.05, 4.69) is 21.6 Å². The fraction of sp³-hybridized carbons (Fsp3) is 0.364. The summed E-state index contributed by atoms with van der Waals surface area (Å²) in [5.41, 5.74) is 2.14. The molecule has 0 saturated heterocycles. The molecule has 0 aliphatic rings. The Morgan fingerprint density at radius 2 is 2.29 bits per heavy atom. The smallest absolute Gasteiger partial charge is 0.146 e. The zero-order chi connectivity index (χ0) is 12.4. The number of nitrogens with zero attached hydrogens (tertiary/aromatic N) is 5. The first-order valence-electron chi connectivity index (χ1n) is 5.39. The minimum Gasteiger partial charge on any atom is -0.337 e. The highest BCUT2D eigenvalue weighted by molar-refractivity contribution is 5.63. The molecule has 1 N–H and O–H groups in total. The Kier molecular flexibility index (Phi) is 2.83.